The third-order valence-corrected chi connectivity index (χ3v) is 2.03. The molecule has 1 radical (unpaired) electrons. The molecule has 0 aromatic heterocycles. The van der Waals surface area contributed by atoms with Crippen molar-refractivity contribution in [3.05, 3.63) is 0 Å². The first-order valence-corrected chi connectivity index (χ1v) is 3.43. The molecule has 0 atom stereocenters. The maximum Gasteiger partial charge on any atom is 0.0316 e. The summed E-state index contributed by atoms with van der Waals surface area (Å²) in [4.78, 5) is 0. The summed E-state index contributed by atoms with van der Waals surface area (Å²) in [6.07, 6.45) is 2.96. The zero-order valence-electron chi connectivity index (χ0n) is 6.12. The van der Waals surface area contributed by atoms with Gasteiger partial charge in [-0.05, 0) is 19.3 Å². The second-order valence-electron chi connectivity index (χ2n) is 2.34. The first kappa shape index (κ1) is 7.96. The van der Waals surface area contributed by atoms with Gasteiger partial charge in [-0.2, -0.15) is 0 Å². The quantitative estimate of drug-likeness (QED) is 0.537. The first-order chi connectivity index (χ1) is 3.68. The van der Waals surface area contributed by atoms with Crippen molar-refractivity contribution in [2.75, 3.05) is 0 Å². The normalized spacial score (nSPS) is 12.0. The van der Waals surface area contributed by atoms with Gasteiger partial charge in [0.1, 0.15) is 0 Å². The van der Waals surface area contributed by atoms with Crippen molar-refractivity contribution < 1.29 is 0 Å². The molecule has 0 aromatic carbocycles. The van der Waals surface area contributed by atoms with E-state index in [0.29, 0.717) is 0 Å². The van der Waals surface area contributed by atoms with Crippen LogP contribution in [0.25, 0.3) is 0 Å². The maximum absolute atomic E-state index is 7.67. The van der Waals surface area contributed by atoms with Gasteiger partial charge < -0.3 is 0 Å². The number of rotatable bonds is 3. The molecule has 49 valence electrons. The molecule has 0 heterocycles. The molecule has 0 amide bonds. The molecule has 0 rings (SSSR count). The topological polar surface area (TPSA) is 23.8 Å². The minimum absolute atomic E-state index is 0.125. The van der Waals surface area contributed by atoms with Gasteiger partial charge in [-0.1, -0.05) is 20.8 Å². The average molecular weight is 114 g/mol. The fourth-order valence-electron chi connectivity index (χ4n) is 0.750. The zero-order valence-corrected chi connectivity index (χ0v) is 6.12. The lowest BCUT2D eigenvalue weighted by atomic mass is 9.92. The van der Waals surface area contributed by atoms with E-state index < -0.39 is 0 Å². The van der Waals surface area contributed by atoms with Crippen LogP contribution in [0.1, 0.15) is 40.0 Å². The summed E-state index contributed by atoms with van der Waals surface area (Å²) in [7, 11) is 0. The molecule has 0 spiro atoms. The van der Waals surface area contributed by atoms with E-state index in [4.69, 9.17) is 5.73 Å². The Balaban J connectivity index is 3.58. The summed E-state index contributed by atoms with van der Waals surface area (Å²) < 4.78 is 0. The van der Waals surface area contributed by atoms with Gasteiger partial charge in [0.2, 0.25) is 0 Å². The van der Waals surface area contributed by atoms with E-state index in [1.165, 1.54) is 0 Å². The Labute approximate surface area is 52.3 Å². The van der Waals surface area contributed by atoms with E-state index in [9.17, 15) is 0 Å². The largest absolute Gasteiger partial charge is 0.251 e. The van der Waals surface area contributed by atoms with Crippen LogP contribution < -0.4 is 5.73 Å². The van der Waals surface area contributed by atoms with Crippen molar-refractivity contribution in [1.29, 1.82) is 0 Å². The van der Waals surface area contributed by atoms with Gasteiger partial charge in [0.05, 0.1) is 0 Å². The van der Waals surface area contributed by atoms with Gasteiger partial charge in [-0.15, -0.1) is 0 Å². The number of hydrogen-bond acceptors (Lipinski definition) is 0. The lowest BCUT2D eigenvalue weighted by Crippen LogP contribution is -2.27. The van der Waals surface area contributed by atoms with Gasteiger partial charge in [0.25, 0.3) is 0 Å². The van der Waals surface area contributed by atoms with Gasteiger partial charge in [0, 0.05) is 5.54 Å². The molecule has 0 saturated carbocycles. The van der Waals surface area contributed by atoms with Crippen LogP contribution in [-0.2, 0) is 0 Å². The van der Waals surface area contributed by atoms with E-state index in [2.05, 4.69) is 20.8 Å². The van der Waals surface area contributed by atoms with Crippen molar-refractivity contribution in [3.63, 3.8) is 0 Å². The van der Waals surface area contributed by atoms with Crippen molar-refractivity contribution >= 4 is 0 Å². The second kappa shape index (κ2) is 3.08. The molecule has 0 aromatic rings. The highest BCUT2D eigenvalue weighted by atomic mass is 14.7. The molecule has 1 heteroatoms. The second-order valence-corrected chi connectivity index (χ2v) is 2.34. The molecule has 0 fully saturated rings. The highest BCUT2D eigenvalue weighted by molar-refractivity contribution is 4.77. The van der Waals surface area contributed by atoms with Crippen molar-refractivity contribution in [1.82, 2.24) is 5.73 Å². The van der Waals surface area contributed by atoms with Gasteiger partial charge in [-0.25, -0.2) is 0 Å². The lowest BCUT2D eigenvalue weighted by molar-refractivity contribution is 0.368. The van der Waals surface area contributed by atoms with Gasteiger partial charge in [0.15, 0.2) is 0 Å². The van der Waals surface area contributed by atoms with Crippen molar-refractivity contribution in [2.45, 2.75) is 45.6 Å². The molecular weight excluding hydrogens is 98.1 g/mol. The van der Waals surface area contributed by atoms with Gasteiger partial charge in [-0.3, -0.25) is 5.73 Å². The zero-order chi connectivity index (χ0) is 6.62. The molecule has 0 unspecified atom stereocenters. The predicted molar refractivity (Wildman–Crippen MR) is 36.7 cm³/mol. The summed E-state index contributed by atoms with van der Waals surface area (Å²) in [5.74, 6) is 0. The molecule has 0 bridgehead atoms. The number of nitrogens with one attached hydrogen (secondary N) is 1. The van der Waals surface area contributed by atoms with Crippen LogP contribution in [0.15, 0.2) is 0 Å². The monoisotopic (exact) mass is 114 g/mol. The Morgan fingerprint density at radius 3 is 1.25 bits per heavy atom. The Morgan fingerprint density at radius 2 is 1.25 bits per heavy atom. The third-order valence-electron chi connectivity index (χ3n) is 2.03. The van der Waals surface area contributed by atoms with Crippen LogP contribution in [0.5, 0.6) is 0 Å². The summed E-state index contributed by atoms with van der Waals surface area (Å²) >= 11 is 0. The Kier molecular flexibility index (Phi) is 3.06. The predicted octanol–water partition coefficient (Wildman–Crippen LogP) is 2.24. The molecule has 0 aliphatic rings. The summed E-state index contributed by atoms with van der Waals surface area (Å²) in [6, 6.07) is 0. The molecule has 0 aliphatic carbocycles. The minimum Gasteiger partial charge on any atom is -0.251 e. The van der Waals surface area contributed by atoms with Crippen LogP contribution in [0.3, 0.4) is 0 Å². The Morgan fingerprint density at radius 1 is 1.00 bits per heavy atom. The highest BCUT2D eigenvalue weighted by Gasteiger charge is 2.16. The number of hydrogen-bond donors (Lipinski definition) is 0. The molecule has 1 nitrogen and oxygen atoms in total. The fraction of sp³-hybridized carbons (Fsp3) is 1.00. The molecule has 0 aliphatic heterocycles. The third kappa shape index (κ3) is 1.83. The standard InChI is InChI=1S/C7H16N/c1-4-7(8,5-2)6-3/h8H,4-6H2,1-3H3. The summed E-state index contributed by atoms with van der Waals surface area (Å²) in [6.45, 7) is 6.25. The van der Waals surface area contributed by atoms with E-state index in [0.717, 1.165) is 19.3 Å². The summed E-state index contributed by atoms with van der Waals surface area (Å²) in [5.41, 5.74) is 7.54. The fourth-order valence-corrected chi connectivity index (χ4v) is 0.750. The van der Waals surface area contributed by atoms with E-state index in [1.54, 1.807) is 0 Å². The van der Waals surface area contributed by atoms with Crippen molar-refractivity contribution in [2.24, 2.45) is 0 Å². The van der Waals surface area contributed by atoms with Crippen LogP contribution in [-0.4, -0.2) is 5.54 Å². The van der Waals surface area contributed by atoms with E-state index in [1.807, 2.05) is 0 Å². The minimum atomic E-state index is -0.125. The van der Waals surface area contributed by atoms with E-state index >= 15 is 0 Å². The van der Waals surface area contributed by atoms with Crippen LogP contribution >= 0.6 is 0 Å². The molecule has 0 saturated heterocycles. The van der Waals surface area contributed by atoms with Crippen molar-refractivity contribution in [3.8, 4) is 0 Å². The van der Waals surface area contributed by atoms with Crippen LogP contribution in [0.4, 0.5) is 0 Å². The highest BCUT2D eigenvalue weighted by Crippen LogP contribution is 2.16. The average Bonchev–Trinajstić information content (AvgIpc) is 1.87. The van der Waals surface area contributed by atoms with E-state index in [-0.39, 0.29) is 5.54 Å². The summed E-state index contributed by atoms with van der Waals surface area (Å²) in [5, 5.41) is 0. The maximum atomic E-state index is 7.67. The van der Waals surface area contributed by atoms with Crippen LogP contribution in [0.2, 0.25) is 0 Å². The lowest BCUT2D eigenvalue weighted by Gasteiger charge is -2.22. The Hall–Kier alpha value is -0.0400. The van der Waals surface area contributed by atoms with Gasteiger partial charge >= 0.3 is 0 Å². The first-order valence-electron chi connectivity index (χ1n) is 3.43. The smallest absolute Gasteiger partial charge is 0.0316 e. The SMILES string of the molecule is CCC([NH])(CC)CC. The van der Waals surface area contributed by atoms with Crippen LogP contribution in [0, 0.1) is 0 Å². The molecule has 8 heavy (non-hydrogen) atoms. The Bertz CT molecular complexity index is 47.1. The molecule has 1 N–H and O–H groups in total. The molecular formula is C7H16N.